The predicted molar refractivity (Wildman–Crippen MR) is 81.0 cm³/mol. The molecule has 0 saturated carbocycles. The minimum Gasteiger partial charge on any atom is -0.496 e. The Hall–Kier alpha value is -2.47. The zero-order valence-electron chi connectivity index (χ0n) is 12.0. The lowest BCUT2D eigenvalue weighted by Gasteiger charge is -2.12. The van der Waals surface area contributed by atoms with Gasteiger partial charge in [0.1, 0.15) is 5.75 Å². The average Bonchev–Trinajstić information content (AvgIpc) is 2.48. The Bertz CT molecular complexity index is 657. The topological polar surface area (TPSA) is 45.0 Å². The highest BCUT2D eigenvalue weighted by atomic mass is 16.5. The van der Waals surface area contributed by atoms with Gasteiger partial charge in [0.05, 0.1) is 18.7 Å². The summed E-state index contributed by atoms with van der Waals surface area (Å²) in [6.45, 7) is 4.82. The van der Waals surface area contributed by atoms with Crippen molar-refractivity contribution in [1.29, 1.82) is 5.26 Å². The van der Waals surface area contributed by atoms with Gasteiger partial charge in [-0.05, 0) is 55.3 Å². The SMILES string of the molecule is COc1ccc(C#N)cc1CNc1ccc(C)c(C)c1. The van der Waals surface area contributed by atoms with Gasteiger partial charge in [-0.1, -0.05) is 6.07 Å². The van der Waals surface area contributed by atoms with E-state index in [1.54, 1.807) is 13.2 Å². The van der Waals surface area contributed by atoms with Crippen molar-refractivity contribution in [2.75, 3.05) is 12.4 Å². The van der Waals surface area contributed by atoms with Crippen molar-refractivity contribution in [3.63, 3.8) is 0 Å². The Labute approximate surface area is 119 Å². The molecule has 0 unspecified atom stereocenters. The van der Waals surface area contributed by atoms with Crippen LogP contribution in [0.25, 0.3) is 0 Å². The normalized spacial score (nSPS) is 9.90. The van der Waals surface area contributed by atoms with E-state index in [0.29, 0.717) is 12.1 Å². The van der Waals surface area contributed by atoms with E-state index in [9.17, 15) is 0 Å². The molecular weight excluding hydrogens is 248 g/mol. The molecule has 0 aliphatic carbocycles. The fraction of sp³-hybridized carbons (Fsp3) is 0.235. The van der Waals surface area contributed by atoms with Gasteiger partial charge in [-0.3, -0.25) is 0 Å². The fourth-order valence-corrected chi connectivity index (χ4v) is 2.03. The molecule has 0 bridgehead atoms. The second-order valence-corrected chi connectivity index (χ2v) is 4.79. The molecule has 1 N–H and O–H groups in total. The first-order chi connectivity index (χ1) is 9.63. The van der Waals surface area contributed by atoms with Gasteiger partial charge in [0.25, 0.3) is 0 Å². The summed E-state index contributed by atoms with van der Waals surface area (Å²) < 4.78 is 5.33. The zero-order valence-corrected chi connectivity index (χ0v) is 12.0. The first kappa shape index (κ1) is 14.0. The molecule has 0 fully saturated rings. The van der Waals surface area contributed by atoms with Crippen LogP contribution in [0.5, 0.6) is 5.75 Å². The number of benzene rings is 2. The van der Waals surface area contributed by atoms with Crippen molar-refractivity contribution in [3.05, 3.63) is 58.7 Å². The van der Waals surface area contributed by atoms with E-state index < -0.39 is 0 Å². The van der Waals surface area contributed by atoms with Crippen LogP contribution in [0.2, 0.25) is 0 Å². The average molecular weight is 266 g/mol. The smallest absolute Gasteiger partial charge is 0.123 e. The molecule has 2 rings (SSSR count). The third kappa shape index (κ3) is 3.10. The summed E-state index contributed by atoms with van der Waals surface area (Å²) in [4.78, 5) is 0. The maximum Gasteiger partial charge on any atom is 0.123 e. The number of methoxy groups -OCH3 is 1. The predicted octanol–water partition coefficient (Wildman–Crippen LogP) is 3.80. The summed E-state index contributed by atoms with van der Waals surface area (Å²) in [5, 5.41) is 12.3. The van der Waals surface area contributed by atoms with E-state index in [-0.39, 0.29) is 0 Å². The summed E-state index contributed by atoms with van der Waals surface area (Å²) >= 11 is 0. The molecule has 0 aliphatic heterocycles. The number of anilines is 1. The summed E-state index contributed by atoms with van der Waals surface area (Å²) in [5.74, 6) is 0.792. The fourth-order valence-electron chi connectivity index (χ4n) is 2.03. The number of aryl methyl sites for hydroxylation is 2. The minimum atomic E-state index is 0.626. The van der Waals surface area contributed by atoms with Gasteiger partial charge in [-0.15, -0.1) is 0 Å². The Balaban J connectivity index is 2.17. The molecule has 3 heteroatoms. The Kier molecular flexibility index (Phi) is 4.27. The van der Waals surface area contributed by atoms with Gasteiger partial charge >= 0.3 is 0 Å². The van der Waals surface area contributed by atoms with Gasteiger partial charge < -0.3 is 10.1 Å². The monoisotopic (exact) mass is 266 g/mol. The van der Waals surface area contributed by atoms with Crippen LogP contribution in [-0.2, 0) is 6.54 Å². The van der Waals surface area contributed by atoms with Gasteiger partial charge in [-0.2, -0.15) is 5.26 Å². The molecule has 0 radical (unpaired) electrons. The Morgan fingerprint density at radius 3 is 2.55 bits per heavy atom. The van der Waals surface area contributed by atoms with Gasteiger partial charge in [-0.25, -0.2) is 0 Å². The molecule has 0 aliphatic rings. The Morgan fingerprint density at radius 1 is 1.10 bits per heavy atom. The van der Waals surface area contributed by atoms with E-state index >= 15 is 0 Å². The summed E-state index contributed by atoms with van der Waals surface area (Å²) in [7, 11) is 1.64. The number of nitriles is 1. The number of nitrogens with zero attached hydrogens (tertiary/aromatic N) is 1. The number of nitrogens with one attached hydrogen (secondary N) is 1. The van der Waals surface area contributed by atoms with Crippen molar-refractivity contribution >= 4 is 5.69 Å². The molecule has 0 spiro atoms. The molecule has 0 amide bonds. The van der Waals surface area contributed by atoms with Crippen LogP contribution >= 0.6 is 0 Å². The van der Waals surface area contributed by atoms with Crippen molar-refractivity contribution in [2.24, 2.45) is 0 Å². The first-order valence-electron chi connectivity index (χ1n) is 6.52. The van der Waals surface area contributed by atoms with Crippen LogP contribution in [0.4, 0.5) is 5.69 Å². The molecule has 0 saturated heterocycles. The molecule has 0 aromatic heterocycles. The maximum atomic E-state index is 8.97. The molecule has 2 aromatic rings. The van der Waals surface area contributed by atoms with Crippen molar-refractivity contribution in [3.8, 4) is 11.8 Å². The highest BCUT2D eigenvalue weighted by molar-refractivity contribution is 5.50. The molecule has 2 aromatic carbocycles. The van der Waals surface area contributed by atoms with Crippen molar-refractivity contribution < 1.29 is 4.74 Å². The Morgan fingerprint density at radius 2 is 1.90 bits per heavy atom. The lowest BCUT2D eigenvalue weighted by Crippen LogP contribution is -2.02. The van der Waals surface area contributed by atoms with Crippen LogP contribution in [-0.4, -0.2) is 7.11 Å². The van der Waals surface area contributed by atoms with E-state index in [1.807, 2.05) is 12.1 Å². The van der Waals surface area contributed by atoms with Crippen molar-refractivity contribution in [2.45, 2.75) is 20.4 Å². The van der Waals surface area contributed by atoms with Crippen LogP contribution in [0.15, 0.2) is 36.4 Å². The molecule has 102 valence electrons. The highest BCUT2D eigenvalue weighted by Crippen LogP contribution is 2.22. The molecule has 20 heavy (non-hydrogen) atoms. The number of ether oxygens (including phenoxy) is 1. The van der Waals surface area contributed by atoms with E-state index in [0.717, 1.165) is 17.0 Å². The molecule has 0 heterocycles. The third-order valence-corrected chi connectivity index (χ3v) is 3.40. The van der Waals surface area contributed by atoms with E-state index in [4.69, 9.17) is 10.00 Å². The minimum absolute atomic E-state index is 0.626. The maximum absolute atomic E-state index is 8.97. The van der Waals surface area contributed by atoms with Crippen molar-refractivity contribution in [1.82, 2.24) is 0 Å². The molecular formula is C17H18N2O. The van der Waals surface area contributed by atoms with Crippen LogP contribution in [0, 0.1) is 25.2 Å². The lowest BCUT2D eigenvalue weighted by molar-refractivity contribution is 0.410. The number of rotatable bonds is 4. The van der Waals surface area contributed by atoms with Gasteiger partial charge in [0.2, 0.25) is 0 Å². The zero-order chi connectivity index (χ0) is 14.5. The second-order valence-electron chi connectivity index (χ2n) is 4.79. The first-order valence-corrected chi connectivity index (χ1v) is 6.52. The number of hydrogen-bond donors (Lipinski definition) is 1. The summed E-state index contributed by atoms with van der Waals surface area (Å²) in [5.41, 5.74) is 5.22. The molecule has 3 nitrogen and oxygen atoms in total. The molecule has 0 atom stereocenters. The number of hydrogen-bond acceptors (Lipinski definition) is 3. The second kappa shape index (κ2) is 6.12. The van der Waals surface area contributed by atoms with Crippen LogP contribution in [0.3, 0.4) is 0 Å². The highest BCUT2D eigenvalue weighted by Gasteiger charge is 2.05. The lowest BCUT2D eigenvalue weighted by atomic mass is 10.1. The quantitative estimate of drug-likeness (QED) is 0.915. The third-order valence-electron chi connectivity index (χ3n) is 3.40. The van der Waals surface area contributed by atoms with Crippen LogP contribution in [0.1, 0.15) is 22.3 Å². The van der Waals surface area contributed by atoms with Gasteiger partial charge in [0.15, 0.2) is 0 Å². The van der Waals surface area contributed by atoms with Gasteiger partial charge in [0, 0.05) is 17.8 Å². The largest absolute Gasteiger partial charge is 0.496 e. The summed E-state index contributed by atoms with van der Waals surface area (Å²) in [6, 6.07) is 13.9. The van der Waals surface area contributed by atoms with E-state index in [2.05, 4.69) is 43.4 Å². The standard InChI is InChI=1S/C17H18N2O/c1-12-4-6-16(8-13(12)2)19-11-15-9-14(10-18)5-7-17(15)20-3/h4-9,19H,11H2,1-3H3. The van der Waals surface area contributed by atoms with Crippen LogP contribution < -0.4 is 10.1 Å². The van der Waals surface area contributed by atoms with E-state index in [1.165, 1.54) is 11.1 Å². The summed E-state index contributed by atoms with van der Waals surface area (Å²) in [6.07, 6.45) is 0.